The molecule has 1 fully saturated rings. The SMILES string of the molecule is CC1COCC(S(C)(=O)=O)N1. The van der Waals surface area contributed by atoms with Gasteiger partial charge < -0.3 is 4.74 Å². The lowest BCUT2D eigenvalue weighted by atomic mass is 10.3. The maximum atomic E-state index is 11.0. The van der Waals surface area contributed by atoms with Crippen molar-refractivity contribution in [2.24, 2.45) is 0 Å². The van der Waals surface area contributed by atoms with Gasteiger partial charge in [-0.3, -0.25) is 5.32 Å². The summed E-state index contributed by atoms with van der Waals surface area (Å²) in [4.78, 5) is 0. The van der Waals surface area contributed by atoms with Gasteiger partial charge in [0.25, 0.3) is 0 Å². The Morgan fingerprint density at radius 1 is 1.45 bits per heavy atom. The van der Waals surface area contributed by atoms with Crippen molar-refractivity contribution >= 4 is 9.84 Å². The summed E-state index contributed by atoms with van der Waals surface area (Å²) in [5.41, 5.74) is 0. The Hall–Kier alpha value is -0.130. The number of hydrogen-bond acceptors (Lipinski definition) is 4. The van der Waals surface area contributed by atoms with Crippen LogP contribution in [0.5, 0.6) is 0 Å². The molecule has 4 nitrogen and oxygen atoms in total. The molecule has 1 heterocycles. The van der Waals surface area contributed by atoms with Gasteiger partial charge in [0.1, 0.15) is 5.37 Å². The monoisotopic (exact) mass is 179 g/mol. The third-order valence-electron chi connectivity index (χ3n) is 1.62. The van der Waals surface area contributed by atoms with Crippen molar-refractivity contribution in [2.45, 2.75) is 18.3 Å². The summed E-state index contributed by atoms with van der Waals surface area (Å²) in [6.45, 7) is 2.76. The summed E-state index contributed by atoms with van der Waals surface area (Å²) in [7, 11) is -2.99. The Morgan fingerprint density at radius 2 is 2.09 bits per heavy atom. The standard InChI is InChI=1S/C6H13NO3S/c1-5-3-10-4-6(7-5)11(2,8)9/h5-7H,3-4H2,1-2H3. The summed E-state index contributed by atoms with van der Waals surface area (Å²) < 4.78 is 27.1. The first-order valence-electron chi connectivity index (χ1n) is 3.53. The Labute approximate surface area is 66.8 Å². The first-order valence-corrected chi connectivity index (χ1v) is 5.48. The van der Waals surface area contributed by atoms with Crippen LogP contribution in [0.1, 0.15) is 6.92 Å². The van der Waals surface area contributed by atoms with Gasteiger partial charge in [-0.05, 0) is 6.92 Å². The first kappa shape index (κ1) is 8.96. The molecule has 1 rings (SSSR count). The van der Waals surface area contributed by atoms with E-state index in [0.29, 0.717) is 6.61 Å². The molecule has 66 valence electrons. The Balaban J connectivity index is 2.60. The van der Waals surface area contributed by atoms with Gasteiger partial charge in [0.15, 0.2) is 9.84 Å². The van der Waals surface area contributed by atoms with Crippen molar-refractivity contribution in [3.05, 3.63) is 0 Å². The molecule has 2 unspecified atom stereocenters. The molecule has 0 bridgehead atoms. The molecule has 0 aromatic carbocycles. The maximum absolute atomic E-state index is 11.0. The highest BCUT2D eigenvalue weighted by Crippen LogP contribution is 2.04. The van der Waals surface area contributed by atoms with Crippen LogP contribution in [0, 0.1) is 0 Å². The molecular formula is C6H13NO3S. The van der Waals surface area contributed by atoms with Crippen LogP contribution in [0.3, 0.4) is 0 Å². The van der Waals surface area contributed by atoms with Crippen molar-refractivity contribution in [3.63, 3.8) is 0 Å². The minimum Gasteiger partial charge on any atom is -0.377 e. The molecule has 0 aromatic heterocycles. The van der Waals surface area contributed by atoms with Crippen LogP contribution >= 0.6 is 0 Å². The van der Waals surface area contributed by atoms with Crippen molar-refractivity contribution in [3.8, 4) is 0 Å². The van der Waals surface area contributed by atoms with Gasteiger partial charge in [-0.1, -0.05) is 0 Å². The molecule has 1 aliphatic rings. The lowest BCUT2D eigenvalue weighted by Crippen LogP contribution is -2.50. The average Bonchev–Trinajstić information content (AvgIpc) is 1.86. The zero-order chi connectivity index (χ0) is 8.48. The zero-order valence-electron chi connectivity index (χ0n) is 6.70. The van der Waals surface area contributed by atoms with Crippen molar-refractivity contribution < 1.29 is 13.2 Å². The summed E-state index contributed by atoms with van der Waals surface area (Å²) in [6.07, 6.45) is 1.21. The second kappa shape index (κ2) is 3.08. The van der Waals surface area contributed by atoms with E-state index < -0.39 is 15.2 Å². The highest BCUT2D eigenvalue weighted by Gasteiger charge is 2.26. The van der Waals surface area contributed by atoms with E-state index in [0.717, 1.165) is 0 Å². The van der Waals surface area contributed by atoms with Crippen LogP contribution in [0.25, 0.3) is 0 Å². The predicted octanol–water partition coefficient (Wildman–Crippen LogP) is -0.635. The van der Waals surface area contributed by atoms with Crippen LogP contribution in [0.2, 0.25) is 0 Å². The third kappa shape index (κ3) is 2.43. The summed E-state index contributed by atoms with van der Waals surface area (Å²) in [5, 5.41) is 2.42. The minimum absolute atomic E-state index is 0.128. The zero-order valence-corrected chi connectivity index (χ0v) is 7.52. The van der Waals surface area contributed by atoms with E-state index in [1.807, 2.05) is 6.92 Å². The number of ether oxygens (including phenoxy) is 1. The predicted molar refractivity (Wildman–Crippen MR) is 42.0 cm³/mol. The van der Waals surface area contributed by atoms with Crippen molar-refractivity contribution in [1.29, 1.82) is 0 Å². The lowest BCUT2D eigenvalue weighted by Gasteiger charge is -2.27. The van der Waals surface area contributed by atoms with E-state index in [4.69, 9.17) is 4.74 Å². The number of rotatable bonds is 1. The van der Waals surface area contributed by atoms with E-state index in [1.165, 1.54) is 6.26 Å². The molecule has 1 saturated heterocycles. The fraction of sp³-hybridized carbons (Fsp3) is 1.00. The smallest absolute Gasteiger partial charge is 0.165 e. The van der Waals surface area contributed by atoms with Crippen molar-refractivity contribution in [1.82, 2.24) is 5.32 Å². The third-order valence-corrected chi connectivity index (χ3v) is 2.93. The molecule has 0 spiro atoms. The van der Waals surface area contributed by atoms with Crippen LogP contribution < -0.4 is 5.32 Å². The molecular weight excluding hydrogens is 166 g/mol. The minimum atomic E-state index is -2.99. The fourth-order valence-electron chi connectivity index (χ4n) is 1.01. The van der Waals surface area contributed by atoms with Crippen LogP contribution in [0.4, 0.5) is 0 Å². The van der Waals surface area contributed by atoms with Gasteiger partial charge in [0.05, 0.1) is 13.2 Å². The summed E-state index contributed by atoms with van der Waals surface area (Å²) >= 11 is 0. The van der Waals surface area contributed by atoms with E-state index in [1.54, 1.807) is 0 Å². The number of nitrogens with one attached hydrogen (secondary N) is 1. The van der Waals surface area contributed by atoms with Gasteiger partial charge in [0.2, 0.25) is 0 Å². The molecule has 0 aromatic rings. The molecule has 0 radical (unpaired) electrons. The normalized spacial score (nSPS) is 33.6. The van der Waals surface area contributed by atoms with Crippen LogP contribution in [-0.2, 0) is 14.6 Å². The van der Waals surface area contributed by atoms with Crippen molar-refractivity contribution in [2.75, 3.05) is 19.5 Å². The van der Waals surface area contributed by atoms with Crippen LogP contribution in [-0.4, -0.2) is 39.3 Å². The molecule has 11 heavy (non-hydrogen) atoms. The number of morpholine rings is 1. The largest absolute Gasteiger partial charge is 0.377 e. The first-order chi connectivity index (χ1) is 5.00. The average molecular weight is 179 g/mol. The molecule has 0 amide bonds. The number of sulfone groups is 1. The highest BCUT2D eigenvalue weighted by molar-refractivity contribution is 7.91. The quantitative estimate of drug-likeness (QED) is 0.582. The topological polar surface area (TPSA) is 55.4 Å². The lowest BCUT2D eigenvalue weighted by molar-refractivity contribution is 0.0713. The van der Waals surface area contributed by atoms with E-state index >= 15 is 0 Å². The second-order valence-corrected chi connectivity index (χ2v) is 5.15. The van der Waals surface area contributed by atoms with Gasteiger partial charge in [0, 0.05) is 12.3 Å². The number of hydrogen-bond donors (Lipinski definition) is 1. The highest BCUT2D eigenvalue weighted by atomic mass is 32.2. The van der Waals surface area contributed by atoms with E-state index in [9.17, 15) is 8.42 Å². The molecule has 1 aliphatic heterocycles. The van der Waals surface area contributed by atoms with E-state index in [-0.39, 0.29) is 12.6 Å². The maximum Gasteiger partial charge on any atom is 0.165 e. The summed E-state index contributed by atoms with van der Waals surface area (Å²) in [6, 6.07) is 0.128. The molecule has 0 saturated carbocycles. The molecule has 0 aliphatic carbocycles. The molecule has 5 heteroatoms. The summed E-state index contributed by atoms with van der Waals surface area (Å²) in [5.74, 6) is 0. The Morgan fingerprint density at radius 3 is 2.45 bits per heavy atom. The Kier molecular flexibility index (Phi) is 2.51. The van der Waals surface area contributed by atoms with Gasteiger partial charge in [-0.25, -0.2) is 8.42 Å². The fourth-order valence-corrected chi connectivity index (χ4v) is 1.84. The van der Waals surface area contributed by atoms with Gasteiger partial charge in [-0.2, -0.15) is 0 Å². The van der Waals surface area contributed by atoms with E-state index in [2.05, 4.69) is 5.32 Å². The molecule has 1 N–H and O–H groups in total. The Bertz CT molecular complexity index is 224. The second-order valence-electron chi connectivity index (χ2n) is 2.92. The van der Waals surface area contributed by atoms with Crippen LogP contribution in [0.15, 0.2) is 0 Å². The van der Waals surface area contributed by atoms with Gasteiger partial charge >= 0.3 is 0 Å². The van der Waals surface area contributed by atoms with Gasteiger partial charge in [-0.15, -0.1) is 0 Å². The molecule has 2 atom stereocenters.